The average molecular weight is 537 g/mol. The highest BCUT2D eigenvalue weighted by Gasteiger charge is 2.20. The number of alkyl halides is 1. The van der Waals surface area contributed by atoms with Crippen LogP contribution in [0.4, 0.5) is 0 Å². The Balaban J connectivity index is 1.47. The Morgan fingerprint density at radius 3 is 2.83 bits per heavy atom. The van der Waals surface area contributed by atoms with Gasteiger partial charge in [0, 0.05) is 34.0 Å². The Hall–Kier alpha value is -3.83. The molecule has 3 aromatic heterocycles. The minimum Gasteiger partial charge on any atom is -0.445 e. The van der Waals surface area contributed by atoms with Crippen LogP contribution in [-0.4, -0.2) is 53.5 Å². The molecule has 1 aromatic carbocycles. The number of hydrogen-bond acceptors (Lipinski definition) is 8. The van der Waals surface area contributed by atoms with Crippen LogP contribution in [-0.2, 0) is 4.79 Å². The van der Waals surface area contributed by atoms with E-state index >= 15 is 0 Å². The highest BCUT2D eigenvalue weighted by Crippen LogP contribution is 2.30. The van der Waals surface area contributed by atoms with Crippen molar-refractivity contribution in [2.24, 2.45) is 0 Å². The van der Waals surface area contributed by atoms with Crippen molar-refractivity contribution in [1.82, 2.24) is 30.3 Å². The summed E-state index contributed by atoms with van der Waals surface area (Å²) in [6.45, 7) is 3.40. The van der Waals surface area contributed by atoms with Crippen molar-refractivity contribution < 1.29 is 19.2 Å². The predicted octanol–water partition coefficient (Wildman–Crippen LogP) is 3.26. The van der Waals surface area contributed by atoms with Gasteiger partial charge < -0.3 is 19.7 Å². The Kier molecular flexibility index (Phi) is 6.18. The Morgan fingerprint density at radius 1 is 1.31 bits per heavy atom. The second-order valence-electron chi connectivity index (χ2n) is 8.08. The van der Waals surface area contributed by atoms with Gasteiger partial charge in [-0.05, 0) is 26.0 Å². The maximum Gasteiger partial charge on any atom is 0.251 e. The van der Waals surface area contributed by atoms with Crippen LogP contribution in [0.15, 0.2) is 70.5 Å². The molecule has 4 aromatic rings. The lowest BCUT2D eigenvalue weighted by molar-refractivity contribution is -0.118. The quantitative estimate of drug-likeness (QED) is 0.284. The molecule has 0 bridgehead atoms. The van der Waals surface area contributed by atoms with Crippen LogP contribution in [0.5, 0.6) is 5.88 Å². The number of allylic oxidation sites excluding steroid dienone is 3. The van der Waals surface area contributed by atoms with Crippen LogP contribution in [0.1, 0.15) is 12.7 Å². The van der Waals surface area contributed by atoms with E-state index in [4.69, 9.17) is 14.4 Å². The minimum atomic E-state index is -0.330. The molecule has 1 amide bonds. The van der Waals surface area contributed by atoms with E-state index in [9.17, 15) is 4.79 Å². The van der Waals surface area contributed by atoms with Gasteiger partial charge in [0.05, 0.1) is 17.7 Å². The average Bonchev–Trinajstić information content (AvgIpc) is 3.48. The second kappa shape index (κ2) is 9.43. The second-order valence-corrected chi connectivity index (χ2v) is 9.07. The number of fused-ring (bicyclic) bond motifs is 3. The van der Waals surface area contributed by atoms with E-state index < -0.39 is 0 Å². The van der Waals surface area contributed by atoms with Crippen molar-refractivity contribution in [3.05, 3.63) is 71.7 Å². The van der Waals surface area contributed by atoms with Crippen LogP contribution in [0, 0.1) is 6.92 Å². The van der Waals surface area contributed by atoms with E-state index in [1.807, 2.05) is 24.3 Å². The monoisotopic (exact) mass is 536 g/mol. The molecular weight excluding hydrogens is 516 g/mol. The van der Waals surface area contributed by atoms with Gasteiger partial charge in [-0.1, -0.05) is 51.4 Å². The number of aliphatic hydroxyl groups is 1. The summed E-state index contributed by atoms with van der Waals surface area (Å²) in [4.78, 5) is 12.1. The van der Waals surface area contributed by atoms with E-state index in [-0.39, 0.29) is 23.4 Å². The maximum atomic E-state index is 12.3. The fourth-order valence-corrected chi connectivity index (χ4v) is 4.14. The van der Waals surface area contributed by atoms with Crippen LogP contribution in [0.3, 0.4) is 0 Å². The number of ether oxygens (including phenoxy) is 1. The number of aromatic nitrogens is 5. The van der Waals surface area contributed by atoms with Gasteiger partial charge in [0.25, 0.3) is 5.91 Å². The zero-order chi connectivity index (χ0) is 24.5. The molecule has 3 heterocycles. The van der Waals surface area contributed by atoms with Crippen molar-refractivity contribution in [3.63, 3.8) is 0 Å². The fraction of sp³-hybridized carbons (Fsp3) is 0.208. The van der Waals surface area contributed by atoms with Crippen molar-refractivity contribution in [1.29, 1.82) is 0 Å². The molecule has 5 rings (SSSR count). The summed E-state index contributed by atoms with van der Waals surface area (Å²) in [6, 6.07) is 9.06. The summed E-state index contributed by atoms with van der Waals surface area (Å²) in [6.07, 6.45) is 6.85. The summed E-state index contributed by atoms with van der Waals surface area (Å²) < 4.78 is 12.8. The molecule has 10 nitrogen and oxygen atoms in total. The smallest absolute Gasteiger partial charge is 0.251 e. The highest BCUT2D eigenvalue weighted by molar-refractivity contribution is 9.09. The van der Waals surface area contributed by atoms with Crippen molar-refractivity contribution in [2.75, 3.05) is 6.61 Å². The Morgan fingerprint density at radius 2 is 2.11 bits per heavy atom. The lowest BCUT2D eigenvalue weighted by Gasteiger charge is -2.16. The first-order chi connectivity index (χ1) is 16.9. The molecule has 1 aliphatic rings. The van der Waals surface area contributed by atoms with Gasteiger partial charge in [-0.2, -0.15) is 4.52 Å². The number of nitrogens with one attached hydrogen (secondary N) is 1. The zero-order valence-electron chi connectivity index (χ0n) is 18.8. The Labute approximate surface area is 208 Å². The number of benzene rings is 1. The number of amides is 1. The van der Waals surface area contributed by atoms with Crippen LogP contribution in [0.25, 0.3) is 27.9 Å². The predicted molar refractivity (Wildman–Crippen MR) is 132 cm³/mol. The number of nitrogens with zero attached hydrogens (tertiary/aromatic N) is 5. The first-order valence-electron chi connectivity index (χ1n) is 10.8. The lowest BCUT2D eigenvalue weighted by Crippen LogP contribution is -2.36. The molecule has 0 saturated heterocycles. The number of hydrogen-bond donors (Lipinski definition) is 2. The van der Waals surface area contributed by atoms with E-state index in [2.05, 4.69) is 41.7 Å². The normalized spacial score (nSPS) is 17.7. The van der Waals surface area contributed by atoms with E-state index in [1.54, 1.807) is 48.9 Å². The third-order valence-corrected chi connectivity index (χ3v) is 6.20. The standard InChI is InChI=1S/C24H21BrN6O4/c1-13(11-32)26-23(33)15-7-8-16(19(25)10-15)12-34-24-18-6-4-3-5-17(18)21-27-28-22(31(21)29-24)20-9-14(2)35-30-20/h3-10,12-13,19,32H,11H2,1-2H3,(H,26,33)/t13?,19-/m1/s1. The van der Waals surface area contributed by atoms with Crippen LogP contribution >= 0.6 is 15.9 Å². The molecule has 0 fully saturated rings. The molecule has 0 radical (unpaired) electrons. The van der Waals surface area contributed by atoms with E-state index in [0.717, 1.165) is 16.3 Å². The van der Waals surface area contributed by atoms with Crippen molar-refractivity contribution >= 4 is 38.3 Å². The van der Waals surface area contributed by atoms with Crippen molar-refractivity contribution in [2.45, 2.75) is 24.7 Å². The molecular formula is C24H21BrN6O4. The van der Waals surface area contributed by atoms with Crippen molar-refractivity contribution in [3.8, 4) is 17.4 Å². The zero-order valence-corrected chi connectivity index (χ0v) is 20.4. The number of carbonyl (C=O) groups is 1. The van der Waals surface area contributed by atoms with Gasteiger partial charge in [0.15, 0.2) is 11.3 Å². The first-order valence-corrected chi connectivity index (χ1v) is 11.8. The molecule has 2 N–H and O–H groups in total. The SMILES string of the molecule is Cc1cc(-c2nnc3c4ccccc4c(OC=C4C=CC(C(=O)NC(C)CO)=C[C@H]4Br)nn23)no1. The van der Waals surface area contributed by atoms with Crippen LogP contribution < -0.4 is 10.1 Å². The van der Waals surface area contributed by atoms with Gasteiger partial charge in [-0.3, -0.25) is 4.79 Å². The minimum absolute atomic E-state index is 0.130. The third-order valence-electron chi connectivity index (χ3n) is 5.41. The molecule has 2 atom stereocenters. The van der Waals surface area contributed by atoms with Gasteiger partial charge in [0.1, 0.15) is 5.76 Å². The topological polar surface area (TPSA) is 128 Å². The third kappa shape index (κ3) is 4.47. The van der Waals surface area contributed by atoms with Gasteiger partial charge in [-0.15, -0.1) is 15.3 Å². The molecule has 35 heavy (non-hydrogen) atoms. The summed E-state index contributed by atoms with van der Waals surface area (Å²) in [5.41, 5.74) is 2.37. The molecule has 1 aliphatic carbocycles. The molecule has 178 valence electrons. The van der Waals surface area contributed by atoms with Gasteiger partial charge in [-0.25, -0.2) is 0 Å². The molecule has 11 heteroatoms. The number of rotatable bonds is 6. The summed E-state index contributed by atoms with van der Waals surface area (Å²) in [5, 5.41) is 30.7. The summed E-state index contributed by atoms with van der Waals surface area (Å²) in [5.74, 6) is 1.19. The molecule has 0 spiro atoms. The van der Waals surface area contributed by atoms with Gasteiger partial charge in [0.2, 0.25) is 11.7 Å². The number of carbonyl (C=O) groups excluding carboxylic acids is 1. The molecule has 0 aliphatic heterocycles. The van der Waals surface area contributed by atoms with Gasteiger partial charge >= 0.3 is 0 Å². The van der Waals surface area contributed by atoms with E-state index in [0.29, 0.717) is 34.4 Å². The number of aryl methyl sites for hydroxylation is 1. The first kappa shape index (κ1) is 22.9. The molecule has 0 saturated carbocycles. The largest absolute Gasteiger partial charge is 0.445 e. The Bertz CT molecular complexity index is 1520. The summed E-state index contributed by atoms with van der Waals surface area (Å²) in [7, 11) is 0. The number of halogens is 1. The number of aliphatic hydroxyl groups excluding tert-OH is 1. The van der Waals surface area contributed by atoms with E-state index in [1.165, 1.54) is 0 Å². The fourth-order valence-electron chi connectivity index (χ4n) is 3.59. The van der Waals surface area contributed by atoms with Crippen LogP contribution in [0.2, 0.25) is 0 Å². The summed E-state index contributed by atoms with van der Waals surface area (Å²) >= 11 is 3.58. The lowest BCUT2D eigenvalue weighted by atomic mass is 10.0. The molecule has 1 unspecified atom stereocenters. The highest BCUT2D eigenvalue weighted by atomic mass is 79.9. The maximum absolute atomic E-state index is 12.3.